The summed E-state index contributed by atoms with van der Waals surface area (Å²) >= 11 is 1.10. The zero-order valence-electron chi connectivity index (χ0n) is 14.8. The van der Waals surface area contributed by atoms with Crippen LogP contribution in [0.5, 0.6) is 11.5 Å². The molecule has 0 radical (unpaired) electrons. The number of nitrogens with zero attached hydrogens (tertiary/aromatic N) is 2. The van der Waals surface area contributed by atoms with E-state index in [2.05, 4.69) is 9.73 Å². The molecule has 2 heterocycles. The number of hydrogen-bond donors (Lipinski definition) is 0. The summed E-state index contributed by atoms with van der Waals surface area (Å²) in [4.78, 5) is 28.7. The minimum Gasteiger partial charge on any atom is -0.485 e. The third kappa shape index (κ3) is 3.36. The maximum Gasteiger partial charge on any atom is 0.325 e. The number of hydrogen-bond acceptors (Lipinski definition) is 6. The number of fused-ring (bicyclic) bond motifs is 2. The molecule has 1 aromatic heterocycles. The molecule has 1 aliphatic heterocycles. The Morgan fingerprint density at radius 1 is 1.25 bits per heavy atom. The highest BCUT2D eigenvalue weighted by Crippen LogP contribution is 2.31. The number of benzene rings is 2. The van der Waals surface area contributed by atoms with Gasteiger partial charge >= 0.3 is 5.97 Å². The Bertz CT molecular complexity index is 1140. The molecule has 4 rings (SSSR count). The first kappa shape index (κ1) is 18.2. The molecule has 144 valence electrons. The summed E-state index contributed by atoms with van der Waals surface area (Å²) in [5.41, 5.74) is 0.190. The summed E-state index contributed by atoms with van der Waals surface area (Å²) in [6, 6.07) is 11.5. The molecule has 0 saturated heterocycles. The Morgan fingerprint density at radius 2 is 2.04 bits per heavy atom. The molecule has 9 heteroatoms. The SMILES string of the molecule is COC(=O)Cn1c(=NC(=O)[C@@H]2COc3ccccc3O2)sc2cccc(F)c21. The van der Waals surface area contributed by atoms with Crippen molar-refractivity contribution in [3.05, 3.63) is 53.1 Å². The molecule has 0 fully saturated rings. The minimum atomic E-state index is -0.934. The van der Waals surface area contributed by atoms with E-state index >= 15 is 0 Å². The van der Waals surface area contributed by atoms with Gasteiger partial charge in [-0.15, -0.1) is 0 Å². The molecule has 0 bridgehead atoms. The summed E-state index contributed by atoms with van der Waals surface area (Å²) in [5, 5.41) is 0. The predicted octanol–water partition coefficient (Wildman–Crippen LogP) is 2.28. The number of methoxy groups -OCH3 is 1. The molecular formula is C19H15FN2O5S. The number of rotatable bonds is 3. The Hall–Kier alpha value is -3.20. The average Bonchev–Trinajstić information content (AvgIpc) is 3.05. The van der Waals surface area contributed by atoms with Gasteiger partial charge < -0.3 is 18.8 Å². The zero-order chi connectivity index (χ0) is 19.7. The van der Waals surface area contributed by atoms with Crippen LogP contribution in [0.1, 0.15) is 0 Å². The number of carbonyl (C=O) groups is 2. The number of thiazole rings is 1. The number of esters is 1. The van der Waals surface area contributed by atoms with Crippen molar-refractivity contribution in [2.24, 2.45) is 4.99 Å². The number of para-hydroxylation sites is 3. The van der Waals surface area contributed by atoms with Gasteiger partial charge in [0.05, 0.1) is 17.3 Å². The summed E-state index contributed by atoms with van der Waals surface area (Å²) in [5.74, 6) is -0.677. The molecule has 3 aromatic rings. The van der Waals surface area contributed by atoms with Crippen molar-refractivity contribution in [1.29, 1.82) is 0 Å². The van der Waals surface area contributed by atoms with Crippen LogP contribution in [-0.4, -0.2) is 36.3 Å². The number of halogens is 1. The first-order valence-corrected chi connectivity index (χ1v) is 9.20. The molecule has 0 aliphatic carbocycles. The highest BCUT2D eigenvalue weighted by atomic mass is 32.1. The fraction of sp³-hybridized carbons (Fsp3) is 0.211. The van der Waals surface area contributed by atoms with Crippen LogP contribution >= 0.6 is 11.3 Å². The van der Waals surface area contributed by atoms with Gasteiger partial charge in [-0.3, -0.25) is 9.59 Å². The van der Waals surface area contributed by atoms with E-state index in [4.69, 9.17) is 9.47 Å². The molecule has 2 aromatic carbocycles. The molecule has 28 heavy (non-hydrogen) atoms. The van der Waals surface area contributed by atoms with Crippen LogP contribution in [0.2, 0.25) is 0 Å². The third-order valence-electron chi connectivity index (χ3n) is 4.16. The molecule has 0 N–H and O–H groups in total. The van der Waals surface area contributed by atoms with Gasteiger partial charge in [0.2, 0.25) is 6.10 Å². The Morgan fingerprint density at radius 3 is 2.82 bits per heavy atom. The third-order valence-corrected chi connectivity index (χ3v) is 5.20. The van der Waals surface area contributed by atoms with Gasteiger partial charge in [0.15, 0.2) is 16.3 Å². The van der Waals surface area contributed by atoms with Crippen molar-refractivity contribution in [2.45, 2.75) is 12.6 Å². The largest absolute Gasteiger partial charge is 0.485 e. The monoisotopic (exact) mass is 402 g/mol. The Balaban J connectivity index is 1.73. The lowest BCUT2D eigenvalue weighted by Gasteiger charge is -2.23. The van der Waals surface area contributed by atoms with Crippen LogP contribution in [0.3, 0.4) is 0 Å². The van der Waals surface area contributed by atoms with E-state index in [-0.39, 0.29) is 23.5 Å². The second kappa shape index (κ2) is 7.43. The highest BCUT2D eigenvalue weighted by Gasteiger charge is 2.27. The normalized spacial score (nSPS) is 16.2. The molecule has 0 unspecified atom stereocenters. The van der Waals surface area contributed by atoms with Crippen LogP contribution in [-0.2, 0) is 20.9 Å². The van der Waals surface area contributed by atoms with Gasteiger partial charge in [0.25, 0.3) is 5.91 Å². The Kier molecular flexibility index (Phi) is 4.82. The van der Waals surface area contributed by atoms with Crippen molar-refractivity contribution >= 4 is 33.4 Å². The van der Waals surface area contributed by atoms with Gasteiger partial charge in [-0.05, 0) is 24.3 Å². The summed E-state index contributed by atoms with van der Waals surface area (Å²) in [6.45, 7) is -0.260. The molecular weight excluding hydrogens is 387 g/mol. The summed E-state index contributed by atoms with van der Waals surface area (Å²) in [7, 11) is 1.24. The molecule has 0 spiro atoms. The average molecular weight is 402 g/mol. The van der Waals surface area contributed by atoms with Crippen molar-refractivity contribution < 1.29 is 28.2 Å². The van der Waals surface area contributed by atoms with Crippen LogP contribution in [0, 0.1) is 5.82 Å². The first-order valence-electron chi connectivity index (χ1n) is 8.38. The number of aromatic nitrogens is 1. The maximum absolute atomic E-state index is 14.3. The van der Waals surface area contributed by atoms with Crippen LogP contribution in [0.25, 0.3) is 10.2 Å². The minimum absolute atomic E-state index is 0.00953. The lowest BCUT2D eigenvalue weighted by atomic mass is 10.2. The smallest absolute Gasteiger partial charge is 0.325 e. The van der Waals surface area contributed by atoms with E-state index in [0.29, 0.717) is 16.2 Å². The number of ether oxygens (including phenoxy) is 3. The van der Waals surface area contributed by atoms with Crippen LogP contribution in [0.4, 0.5) is 4.39 Å². The molecule has 7 nitrogen and oxygen atoms in total. The quantitative estimate of drug-likeness (QED) is 0.628. The second-order valence-corrected chi connectivity index (χ2v) is 6.96. The maximum atomic E-state index is 14.3. The summed E-state index contributed by atoms with van der Waals surface area (Å²) in [6.07, 6.45) is -0.934. The van der Waals surface area contributed by atoms with E-state index in [9.17, 15) is 14.0 Å². The van der Waals surface area contributed by atoms with Crippen LogP contribution in [0.15, 0.2) is 47.5 Å². The van der Waals surface area contributed by atoms with Gasteiger partial charge in [0, 0.05) is 0 Å². The topological polar surface area (TPSA) is 79.1 Å². The summed E-state index contributed by atoms with van der Waals surface area (Å²) < 4.78 is 32.1. The zero-order valence-corrected chi connectivity index (χ0v) is 15.6. The van der Waals surface area contributed by atoms with Gasteiger partial charge in [0.1, 0.15) is 19.0 Å². The van der Waals surface area contributed by atoms with Crippen molar-refractivity contribution in [2.75, 3.05) is 13.7 Å². The van der Waals surface area contributed by atoms with E-state index in [0.717, 1.165) is 11.3 Å². The van der Waals surface area contributed by atoms with E-state index in [1.807, 2.05) is 0 Å². The van der Waals surface area contributed by atoms with Crippen molar-refractivity contribution in [3.8, 4) is 11.5 Å². The fourth-order valence-corrected chi connectivity index (χ4v) is 3.87. The van der Waals surface area contributed by atoms with E-state index in [1.54, 1.807) is 36.4 Å². The van der Waals surface area contributed by atoms with Gasteiger partial charge in [-0.25, -0.2) is 4.39 Å². The van der Waals surface area contributed by atoms with E-state index < -0.39 is 23.8 Å². The fourth-order valence-electron chi connectivity index (χ4n) is 2.82. The molecule has 1 aliphatic rings. The van der Waals surface area contributed by atoms with E-state index in [1.165, 1.54) is 17.7 Å². The van der Waals surface area contributed by atoms with Crippen molar-refractivity contribution in [1.82, 2.24) is 4.57 Å². The van der Waals surface area contributed by atoms with Crippen molar-refractivity contribution in [3.63, 3.8) is 0 Å². The highest BCUT2D eigenvalue weighted by molar-refractivity contribution is 7.16. The molecule has 0 saturated carbocycles. The lowest BCUT2D eigenvalue weighted by molar-refractivity contribution is -0.141. The Labute approximate surface area is 162 Å². The number of carbonyl (C=O) groups excluding carboxylic acids is 2. The van der Waals surface area contributed by atoms with Gasteiger partial charge in [-0.1, -0.05) is 29.5 Å². The number of amides is 1. The predicted molar refractivity (Wildman–Crippen MR) is 98.7 cm³/mol. The second-order valence-electron chi connectivity index (χ2n) is 5.95. The first-order chi connectivity index (χ1) is 13.6. The molecule has 1 amide bonds. The standard InChI is InChI=1S/C19H15FN2O5S/c1-25-16(23)9-22-17-11(20)5-4-8-15(17)28-19(22)21-18(24)14-10-26-12-6-2-3-7-13(12)27-14/h2-8,14H,9-10H2,1H3/t14-/m0/s1. The lowest BCUT2D eigenvalue weighted by Crippen LogP contribution is -2.37. The van der Waals surface area contributed by atoms with Gasteiger partial charge in [-0.2, -0.15) is 4.99 Å². The molecule has 1 atom stereocenters. The van der Waals surface area contributed by atoms with Crippen LogP contribution < -0.4 is 14.3 Å².